The average Bonchev–Trinajstić information content (AvgIpc) is 3.17. The van der Waals surface area contributed by atoms with Crippen molar-refractivity contribution in [2.45, 2.75) is 25.3 Å². The molecular formula is C20H20N4O7S. The number of aliphatic carboxylic acids is 1. The van der Waals surface area contributed by atoms with Crippen molar-refractivity contribution in [1.82, 2.24) is 5.01 Å². The quantitative estimate of drug-likeness (QED) is 0.452. The van der Waals surface area contributed by atoms with Crippen molar-refractivity contribution in [2.75, 3.05) is 11.0 Å². The Hall–Kier alpha value is -3.80. The van der Waals surface area contributed by atoms with Crippen molar-refractivity contribution < 1.29 is 28.0 Å². The molecule has 1 amide bonds. The fraction of sp³-hybridized carbons (Fsp3) is 0.250. The van der Waals surface area contributed by atoms with Gasteiger partial charge in [-0.25, -0.2) is 13.4 Å². The average molecular weight is 460 g/mol. The Bertz CT molecular complexity index is 1190. The number of sulfonamides is 1. The molecule has 0 aliphatic carbocycles. The van der Waals surface area contributed by atoms with E-state index in [1.54, 1.807) is 30.3 Å². The molecule has 1 aliphatic rings. The number of carboxylic acids is 1. The molecule has 1 atom stereocenters. The van der Waals surface area contributed by atoms with Crippen molar-refractivity contribution in [3.8, 4) is 0 Å². The topological polar surface area (TPSA) is 159 Å². The summed E-state index contributed by atoms with van der Waals surface area (Å²) in [6.07, 6.45) is 0.646. The maximum atomic E-state index is 12.7. The van der Waals surface area contributed by atoms with Crippen LogP contribution in [0.4, 0.5) is 11.4 Å². The first kappa shape index (κ1) is 22.9. The van der Waals surface area contributed by atoms with Crippen molar-refractivity contribution in [3.05, 3.63) is 69.8 Å². The number of nitro groups is 1. The van der Waals surface area contributed by atoms with Crippen LogP contribution in [0.5, 0.6) is 0 Å². The minimum Gasteiger partial charge on any atom is -0.481 e. The van der Waals surface area contributed by atoms with Gasteiger partial charge in [0.2, 0.25) is 15.9 Å². The van der Waals surface area contributed by atoms with Gasteiger partial charge in [0.1, 0.15) is 0 Å². The van der Waals surface area contributed by atoms with Gasteiger partial charge in [-0.05, 0) is 23.3 Å². The maximum Gasteiger partial charge on any atom is 0.303 e. The van der Waals surface area contributed by atoms with Crippen LogP contribution in [-0.4, -0.2) is 47.3 Å². The van der Waals surface area contributed by atoms with Crippen molar-refractivity contribution in [1.29, 1.82) is 0 Å². The van der Waals surface area contributed by atoms with E-state index >= 15 is 0 Å². The first-order valence-corrected chi connectivity index (χ1v) is 11.4. The zero-order chi connectivity index (χ0) is 23.5. The number of hydrogen-bond donors (Lipinski definition) is 2. The first-order chi connectivity index (χ1) is 15.0. The Morgan fingerprint density at radius 3 is 2.50 bits per heavy atom. The van der Waals surface area contributed by atoms with Crippen molar-refractivity contribution in [3.63, 3.8) is 0 Å². The number of anilines is 1. The summed E-state index contributed by atoms with van der Waals surface area (Å²) in [5.74, 6) is -1.64. The van der Waals surface area contributed by atoms with E-state index in [-0.39, 0.29) is 24.9 Å². The van der Waals surface area contributed by atoms with E-state index in [2.05, 4.69) is 9.82 Å². The van der Waals surface area contributed by atoms with Crippen LogP contribution in [0.2, 0.25) is 0 Å². The number of nitrogens with one attached hydrogen (secondary N) is 1. The third-order valence-corrected chi connectivity index (χ3v) is 5.31. The molecule has 168 valence electrons. The van der Waals surface area contributed by atoms with E-state index in [4.69, 9.17) is 5.11 Å². The first-order valence-electron chi connectivity index (χ1n) is 9.47. The minimum atomic E-state index is -3.43. The fourth-order valence-corrected chi connectivity index (χ4v) is 3.86. The van der Waals surface area contributed by atoms with Crippen molar-refractivity contribution in [2.24, 2.45) is 5.10 Å². The molecule has 0 spiro atoms. The van der Waals surface area contributed by atoms with Gasteiger partial charge in [-0.15, -0.1) is 0 Å². The predicted molar refractivity (Wildman–Crippen MR) is 116 cm³/mol. The van der Waals surface area contributed by atoms with E-state index in [1.165, 1.54) is 23.2 Å². The molecule has 0 saturated carbocycles. The van der Waals surface area contributed by atoms with Crippen LogP contribution < -0.4 is 4.72 Å². The number of benzene rings is 2. The molecular weight excluding hydrogens is 440 g/mol. The highest BCUT2D eigenvalue weighted by molar-refractivity contribution is 7.92. The van der Waals surface area contributed by atoms with Crippen LogP contribution in [-0.2, 0) is 19.6 Å². The van der Waals surface area contributed by atoms with E-state index in [1.807, 2.05) is 0 Å². The Balaban J connectivity index is 1.91. The number of carbonyl (C=O) groups excluding carboxylic acids is 1. The molecule has 12 heteroatoms. The van der Waals surface area contributed by atoms with Gasteiger partial charge in [0.05, 0.1) is 29.4 Å². The molecule has 2 aromatic carbocycles. The lowest BCUT2D eigenvalue weighted by atomic mass is 9.97. The summed E-state index contributed by atoms with van der Waals surface area (Å²) in [5.41, 5.74) is 1.87. The molecule has 2 N–H and O–H groups in total. The summed E-state index contributed by atoms with van der Waals surface area (Å²) in [7, 11) is -3.43. The third kappa shape index (κ3) is 5.66. The molecule has 32 heavy (non-hydrogen) atoms. The summed E-state index contributed by atoms with van der Waals surface area (Å²) in [4.78, 5) is 34.2. The highest BCUT2D eigenvalue weighted by atomic mass is 32.2. The molecule has 1 aliphatic heterocycles. The highest BCUT2D eigenvalue weighted by Crippen LogP contribution is 2.35. The number of hydrazone groups is 1. The lowest BCUT2D eigenvalue weighted by Crippen LogP contribution is -2.27. The van der Waals surface area contributed by atoms with Crippen LogP contribution >= 0.6 is 0 Å². The monoisotopic (exact) mass is 460 g/mol. The van der Waals surface area contributed by atoms with E-state index in [9.17, 15) is 28.1 Å². The number of rotatable bonds is 8. The Morgan fingerprint density at radius 1 is 1.22 bits per heavy atom. The second kappa shape index (κ2) is 9.14. The highest BCUT2D eigenvalue weighted by Gasteiger charge is 2.33. The zero-order valence-electron chi connectivity index (χ0n) is 17.0. The molecule has 3 rings (SSSR count). The Kier molecular flexibility index (Phi) is 6.53. The normalized spacial score (nSPS) is 15.8. The molecule has 0 aromatic heterocycles. The molecule has 0 fully saturated rings. The molecule has 0 unspecified atom stereocenters. The smallest absolute Gasteiger partial charge is 0.303 e. The predicted octanol–water partition coefficient (Wildman–Crippen LogP) is 2.51. The van der Waals surface area contributed by atoms with Crippen LogP contribution in [0.15, 0.2) is 53.6 Å². The van der Waals surface area contributed by atoms with Gasteiger partial charge in [-0.2, -0.15) is 5.10 Å². The van der Waals surface area contributed by atoms with Gasteiger partial charge in [-0.1, -0.05) is 24.3 Å². The van der Waals surface area contributed by atoms with Crippen LogP contribution in [0.3, 0.4) is 0 Å². The number of nitrogens with zero attached hydrogens (tertiary/aromatic N) is 3. The third-order valence-electron chi connectivity index (χ3n) is 4.71. The van der Waals surface area contributed by atoms with E-state index in [0.29, 0.717) is 22.5 Å². The number of nitro benzene ring substituents is 1. The minimum absolute atomic E-state index is 0.134. The van der Waals surface area contributed by atoms with Crippen LogP contribution in [0, 0.1) is 10.1 Å². The number of carbonyl (C=O) groups is 2. The summed E-state index contributed by atoms with van der Waals surface area (Å²) < 4.78 is 25.1. The number of non-ortho nitro benzene ring substituents is 1. The number of amides is 1. The standard InChI is InChI=1S/C20H20N4O7S/c1-32(30,31)22-15-7-5-13(6-8-15)17-12-18(14-3-2-4-16(11-14)24(28)29)23(21-17)19(25)9-10-20(26)27/h2-8,11,18,22H,9-10,12H2,1H3,(H,26,27)/t18-/m1/s1. The van der Waals surface area contributed by atoms with Gasteiger partial charge in [-0.3, -0.25) is 24.4 Å². The van der Waals surface area contributed by atoms with Gasteiger partial charge >= 0.3 is 5.97 Å². The van der Waals surface area contributed by atoms with Crippen molar-refractivity contribution >= 4 is 39.0 Å². The van der Waals surface area contributed by atoms with Gasteiger partial charge in [0.25, 0.3) is 5.69 Å². The molecule has 2 aromatic rings. The Labute approximate surface area is 183 Å². The SMILES string of the molecule is CS(=O)(=O)Nc1ccc(C2=NN(C(=O)CCC(=O)O)[C@@H](c3cccc([N+](=O)[O-])c3)C2)cc1. The van der Waals surface area contributed by atoms with E-state index < -0.39 is 32.9 Å². The largest absolute Gasteiger partial charge is 0.481 e. The summed E-state index contributed by atoms with van der Waals surface area (Å²) >= 11 is 0. The summed E-state index contributed by atoms with van der Waals surface area (Å²) in [6.45, 7) is 0. The molecule has 1 heterocycles. The maximum absolute atomic E-state index is 12.7. The molecule has 11 nitrogen and oxygen atoms in total. The zero-order valence-corrected chi connectivity index (χ0v) is 17.8. The van der Waals surface area contributed by atoms with E-state index in [0.717, 1.165) is 6.26 Å². The summed E-state index contributed by atoms with van der Waals surface area (Å²) in [6, 6.07) is 11.6. The second-order valence-electron chi connectivity index (χ2n) is 7.20. The molecule has 0 radical (unpaired) electrons. The van der Waals surface area contributed by atoms with Gasteiger partial charge in [0.15, 0.2) is 0 Å². The Morgan fingerprint density at radius 2 is 1.91 bits per heavy atom. The lowest BCUT2D eigenvalue weighted by molar-refractivity contribution is -0.385. The fourth-order valence-electron chi connectivity index (χ4n) is 3.29. The summed E-state index contributed by atoms with van der Waals surface area (Å²) in [5, 5.41) is 25.6. The molecule has 0 saturated heterocycles. The lowest BCUT2D eigenvalue weighted by Gasteiger charge is -2.21. The number of hydrogen-bond acceptors (Lipinski definition) is 7. The van der Waals surface area contributed by atoms with Crippen LogP contribution in [0.25, 0.3) is 0 Å². The van der Waals surface area contributed by atoms with Gasteiger partial charge < -0.3 is 5.11 Å². The second-order valence-corrected chi connectivity index (χ2v) is 8.95. The molecule has 0 bridgehead atoms. The van der Waals surface area contributed by atoms with Crippen LogP contribution in [0.1, 0.15) is 36.4 Å². The van der Waals surface area contributed by atoms with Gasteiger partial charge in [0, 0.05) is 30.7 Å². The number of carboxylic acid groups (broad SMARTS) is 1.